The molecular formula is C13H17NO2S. The van der Waals surface area contributed by atoms with E-state index in [1.807, 2.05) is 0 Å². The van der Waals surface area contributed by atoms with Crippen molar-refractivity contribution in [3.05, 3.63) is 22.5 Å². The van der Waals surface area contributed by atoms with E-state index >= 15 is 0 Å². The highest BCUT2D eigenvalue weighted by Gasteiger charge is 2.49. The largest absolute Gasteiger partial charge is 0.365 e. The van der Waals surface area contributed by atoms with Gasteiger partial charge < -0.3 is 10.3 Å². The quantitative estimate of drug-likeness (QED) is 0.741. The molecule has 1 amide bonds. The molecule has 92 valence electrons. The number of rotatable bonds is 2. The monoisotopic (exact) mass is 251 g/mol. The van der Waals surface area contributed by atoms with Crippen LogP contribution < -0.4 is 5.73 Å². The van der Waals surface area contributed by atoms with Gasteiger partial charge in [0.25, 0.3) is 5.91 Å². The van der Waals surface area contributed by atoms with E-state index in [4.69, 9.17) is 12.2 Å². The summed E-state index contributed by atoms with van der Waals surface area (Å²) < 4.78 is 10.3. The Morgan fingerprint density at radius 1 is 1.47 bits per heavy atom. The van der Waals surface area contributed by atoms with Crippen LogP contribution in [0.15, 0.2) is 22.5 Å². The normalized spacial score (nSPS) is 34.5. The van der Waals surface area contributed by atoms with Crippen molar-refractivity contribution < 1.29 is 9.35 Å². The van der Waals surface area contributed by atoms with Crippen molar-refractivity contribution in [2.24, 2.45) is 5.73 Å². The van der Waals surface area contributed by atoms with E-state index < -0.39 is 21.0 Å². The molecule has 1 heterocycles. The number of hydrogen-bond donors (Lipinski definition) is 2. The minimum absolute atomic E-state index is 0.303. The molecule has 2 aliphatic rings. The first-order chi connectivity index (χ1) is 8.06. The molecule has 1 fully saturated rings. The Balaban J connectivity index is 2.43. The third-order valence-electron chi connectivity index (χ3n) is 3.62. The second kappa shape index (κ2) is 4.25. The summed E-state index contributed by atoms with van der Waals surface area (Å²) in [6.07, 6.45) is 13.6. The Kier molecular flexibility index (Phi) is 3.07. The lowest BCUT2D eigenvalue weighted by Gasteiger charge is -2.47. The van der Waals surface area contributed by atoms with Crippen LogP contribution in [0.25, 0.3) is 0 Å². The van der Waals surface area contributed by atoms with Gasteiger partial charge in [-0.3, -0.25) is 4.79 Å². The van der Waals surface area contributed by atoms with E-state index in [2.05, 4.69) is 5.92 Å². The third kappa shape index (κ3) is 1.70. The second-order valence-corrected chi connectivity index (χ2v) is 7.29. The molecule has 2 rings (SSSR count). The molecule has 0 bridgehead atoms. The van der Waals surface area contributed by atoms with Gasteiger partial charge >= 0.3 is 0 Å². The first-order valence-electron chi connectivity index (χ1n) is 5.77. The number of primary amides is 1. The summed E-state index contributed by atoms with van der Waals surface area (Å²) in [7, 11) is -2.39. The first-order valence-corrected chi connectivity index (χ1v) is 7.42. The van der Waals surface area contributed by atoms with E-state index in [9.17, 15) is 9.35 Å². The predicted octanol–water partition coefficient (Wildman–Crippen LogP) is 2.50. The predicted molar refractivity (Wildman–Crippen MR) is 71.3 cm³/mol. The SMILES string of the molecule is C#CC1(S2(O)C=CC=C2C(N)=O)CCCCC1. The standard InChI is InChI=1S/C13H17NO2S/c1-2-13(8-4-3-5-9-13)17(16)10-6-7-11(17)12(14)15/h1,6-7,10,16H,3-5,8-9H2,(H2,14,15). The molecule has 0 radical (unpaired) electrons. The fourth-order valence-corrected chi connectivity index (χ4v) is 5.48. The zero-order chi connectivity index (χ0) is 12.5. The minimum Gasteiger partial charge on any atom is -0.365 e. The summed E-state index contributed by atoms with van der Waals surface area (Å²) in [5.41, 5.74) is 5.34. The number of carbonyl (C=O) groups excluding carboxylic acids is 1. The maximum absolute atomic E-state index is 11.4. The number of carbonyl (C=O) groups is 1. The van der Waals surface area contributed by atoms with Gasteiger partial charge in [-0.25, -0.2) is 0 Å². The van der Waals surface area contributed by atoms with Gasteiger partial charge in [-0.1, -0.05) is 41.6 Å². The van der Waals surface area contributed by atoms with Gasteiger partial charge in [-0.05, 0) is 24.3 Å². The first kappa shape index (κ1) is 12.3. The van der Waals surface area contributed by atoms with Crippen molar-refractivity contribution >= 4 is 16.2 Å². The van der Waals surface area contributed by atoms with Gasteiger partial charge in [0.1, 0.15) is 0 Å². The molecule has 1 atom stereocenters. The zero-order valence-electron chi connectivity index (χ0n) is 9.69. The van der Waals surface area contributed by atoms with Crippen LogP contribution in [0, 0.1) is 12.3 Å². The van der Waals surface area contributed by atoms with Crippen molar-refractivity contribution in [1.82, 2.24) is 0 Å². The molecule has 1 saturated carbocycles. The molecule has 0 aromatic heterocycles. The van der Waals surface area contributed by atoms with Crippen LogP contribution >= 0.6 is 10.3 Å². The van der Waals surface area contributed by atoms with Gasteiger partial charge in [-0.15, -0.1) is 6.42 Å². The summed E-state index contributed by atoms with van der Waals surface area (Å²) in [5.74, 6) is 2.21. The summed E-state index contributed by atoms with van der Waals surface area (Å²) in [6.45, 7) is 0. The van der Waals surface area contributed by atoms with Gasteiger partial charge in [0.05, 0.1) is 9.65 Å². The van der Waals surface area contributed by atoms with Crippen LogP contribution in [0.5, 0.6) is 0 Å². The molecule has 1 aliphatic heterocycles. The lowest BCUT2D eigenvalue weighted by Crippen LogP contribution is -2.37. The van der Waals surface area contributed by atoms with Gasteiger partial charge in [-0.2, -0.15) is 0 Å². The van der Waals surface area contributed by atoms with E-state index in [1.165, 1.54) is 0 Å². The van der Waals surface area contributed by atoms with Crippen molar-refractivity contribution in [2.75, 3.05) is 0 Å². The average Bonchev–Trinajstić information content (AvgIpc) is 2.74. The zero-order valence-corrected chi connectivity index (χ0v) is 10.5. The molecule has 0 spiro atoms. The second-order valence-electron chi connectivity index (χ2n) is 4.55. The smallest absolute Gasteiger partial charge is 0.256 e. The fraction of sp³-hybridized carbons (Fsp3) is 0.462. The third-order valence-corrected chi connectivity index (χ3v) is 6.90. The summed E-state index contributed by atoms with van der Waals surface area (Å²) in [6, 6.07) is 0. The molecule has 1 unspecified atom stereocenters. The minimum atomic E-state index is -2.39. The van der Waals surface area contributed by atoms with Crippen LogP contribution in [-0.4, -0.2) is 15.2 Å². The number of hydrogen-bond acceptors (Lipinski definition) is 2. The lowest BCUT2D eigenvalue weighted by atomic mass is 9.89. The molecule has 4 heteroatoms. The Hall–Kier alpha value is -1.18. The maximum atomic E-state index is 11.4. The number of terminal acetylenes is 1. The highest BCUT2D eigenvalue weighted by atomic mass is 32.3. The van der Waals surface area contributed by atoms with Crippen molar-refractivity contribution in [3.63, 3.8) is 0 Å². The highest BCUT2D eigenvalue weighted by Crippen LogP contribution is 2.68. The van der Waals surface area contributed by atoms with E-state index in [0.29, 0.717) is 4.91 Å². The topological polar surface area (TPSA) is 63.3 Å². The number of allylic oxidation sites excluding steroid dienone is 2. The summed E-state index contributed by atoms with van der Waals surface area (Å²) in [4.78, 5) is 11.7. The van der Waals surface area contributed by atoms with E-state index in [-0.39, 0.29) is 0 Å². The number of amides is 1. The van der Waals surface area contributed by atoms with Crippen LogP contribution in [0.2, 0.25) is 0 Å². The van der Waals surface area contributed by atoms with Crippen molar-refractivity contribution in [2.45, 2.75) is 36.9 Å². The average molecular weight is 251 g/mol. The Bertz CT molecular complexity index is 441. The van der Waals surface area contributed by atoms with E-state index in [1.54, 1.807) is 17.6 Å². The van der Waals surface area contributed by atoms with Gasteiger partial charge in [0.15, 0.2) is 0 Å². The molecule has 0 aromatic carbocycles. The fourth-order valence-electron chi connectivity index (χ4n) is 2.66. The molecule has 17 heavy (non-hydrogen) atoms. The summed E-state index contributed by atoms with van der Waals surface area (Å²) in [5, 5.41) is 1.69. The van der Waals surface area contributed by atoms with Crippen LogP contribution in [-0.2, 0) is 4.79 Å². The highest BCUT2D eigenvalue weighted by molar-refractivity contribution is 8.36. The maximum Gasteiger partial charge on any atom is 0.256 e. The van der Waals surface area contributed by atoms with Crippen LogP contribution in [0.1, 0.15) is 32.1 Å². The summed E-state index contributed by atoms with van der Waals surface area (Å²) >= 11 is 0. The molecule has 1 aliphatic carbocycles. The Morgan fingerprint density at radius 2 is 2.12 bits per heavy atom. The lowest BCUT2D eigenvalue weighted by molar-refractivity contribution is -0.113. The molecule has 0 saturated heterocycles. The van der Waals surface area contributed by atoms with Crippen LogP contribution in [0.3, 0.4) is 0 Å². The molecular weight excluding hydrogens is 234 g/mol. The Labute approximate surface area is 103 Å². The van der Waals surface area contributed by atoms with Crippen molar-refractivity contribution in [1.29, 1.82) is 0 Å². The van der Waals surface area contributed by atoms with Crippen molar-refractivity contribution in [3.8, 4) is 12.3 Å². The van der Waals surface area contributed by atoms with E-state index in [0.717, 1.165) is 32.1 Å². The van der Waals surface area contributed by atoms with Crippen LogP contribution in [0.4, 0.5) is 0 Å². The number of nitrogens with two attached hydrogens (primary N) is 1. The Morgan fingerprint density at radius 3 is 2.65 bits per heavy atom. The molecule has 3 nitrogen and oxygen atoms in total. The molecule has 0 aromatic rings. The van der Waals surface area contributed by atoms with Gasteiger partial charge in [0.2, 0.25) is 0 Å². The molecule has 3 N–H and O–H groups in total. The van der Waals surface area contributed by atoms with Gasteiger partial charge in [0, 0.05) is 0 Å².